The molecule has 4 saturated heterocycles. The third-order valence-electron chi connectivity index (χ3n) is 10.3. The molecule has 7 heterocycles. The van der Waals surface area contributed by atoms with Crippen molar-refractivity contribution in [1.29, 1.82) is 0 Å². The Morgan fingerprint density at radius 1 is 1.11 bits per heavy atom. The molecule has 0 amide bonds. The highest BCUT2D eigenvalue weighted by Gasteiger charge is 2.50. The third kappa shape index (κ3) is 3.89. The van der Waals surface area contributed by atoms with Gasteiger partial charge in [-0.25, -0.2) is 18.2 Å². The highest BCUT2D eigenvalue weighted by Crippen LogP contribution is 2.45. The first-order chi connectivity index (χ1) is 21.4. The van der Waals surface area contributed by atoms with Crippen LogP contribution >= 0.6 is 0 Å². The van der Waals surface area contributed by atoms with E-state index in [9.17, 15) is 9.50 Å². The Hall–Kier alpha value is -3.90. The van der Waals surface area contributed by atoms with Crippen molar-refractivity contribution in [3.05, 3.63) is 42.0 Å². The summed E-state index contributed by atoms with van der Waals surface area (Å²) in [4.78, 5) is 18.3. The van der Waals surface area contributed by atoms with Gasteiger partial charge in [0.15, 0.2) is 5.82 Å². The maximum atomic E-state index is 16.8. The second-order valence-corrected chi connectivity index (χ2v) is 12.9. The average molecular weight is 605 g/mol. The first kappa shape index (κ1) is 26.5. The molecule has 12 heteroatoms. The normalized spacial score (nSPS) is 29.1. The van der Waals surface area contributed by atoms with Gasteiger partial charge in [-0.15, -0.1) is 0 Å². The molecule has 9 rings (SSSR count). The number of aromatic nitrogens is 3. The van der Waals surface area contributed by atoms with Gasteiger partial charge in [0.05, 0.1) is 11.6 Å². The lowest BCUT2D eigenvalue weighted by atomic mass is 9.95. The summed E-state index contributed by atoms with van der Waals surface area (Å²) in [5, 5.41) is 15.0. The average Bonchev–Trinajstić information content (AvgIpc) is 3.64. The van der Waals surface area contributed by atoms with Crippen molar-refractivity contribution >= 4 is 27.5 Å². The summed E-state index contributed by atoms with van der Waals surface area (Å²) in [7, 11) is 0. The number of aromatic hydroxyl groups is 1. The van der Waals surface area contributed by atoms with Crippen molar-refractivity contribution in [3.63, 3.8) is 0 Å². The van der Waals surface area contributed by atoms with Crippen LogP contribution < -0.4 is 19.7 Å². The number of alkyl halides is 1. The summed E-state index contributed by atoms with van der Waals surface area (Å²) in [6, 6.07) is 7.54. The predicted octanol–water partition coefficient (Wildman–Crippen LogP) is 4.49. The van der Waals surface area contributed by atoms with Crippen LogP contribution in [0.1, 0.15) is 32.1 Å². The van der Waals surface area contributed by atoms with Crippen molar-refractivity contribution in [2.45, 2.75) is 61.9 Å². The SMILES string of the molecule is Oc1cc(-c2nc3c4c(nc(OCC56CCCN5C[C@H](F)C6)nc4c2F)N2C[C@@H]4CCC(N4)[C@@H]2CO3)c2c(F)cccc2c1. The number of ether oxygens (including phenoxy) is 2. The van der Waals surface area contributed by atoms with Gasteiger partial charge in [-0.2, -0.15) is 9.97 Å². The number of phenols is 1. The van der Waals surface area contributed by atoms with Crippen LogP contribution in [0.15, 0.2) is 30.3 Å². The fourth-order valence-electron chi connectivity index (χ4n) is 8.36. The Balaban J connectivity index is 1.23. The van der Waals surface area contributed by atoms with Crippen LogP contribution in [0.2, 0.25) is 0 Å². The maximum absolute atomic E-state index is 16.8. The molecule has 2 unspecified atom stereocenters. The Morgan fingerprint density at radius 2 is 2.02 bits per heavy atom. The standard InChI is InChI=1S/C32H31F3N6O3/c33-17-11-32(7-2-8-40(32)12-17)15-44-31-38-28-25-29(39-31)41-13-18-5-6-22(36-18)23(41)14-43-30(25)37-27(26(28)35)20-10-19(42)9-16-3-1-4-21(34)24(16)20/h1,3-4,9-10,17-18,22-23,36,42H,2,5-8,11-15H2/t17-,18+,22?,23+,32?/m1/s1. The Kier molecular flexibility index (Phi) is 5.75. The third-order valence-corrected chi connectivity index (χ3v) is 10.3. The summed E-state index contributed by atoms with van der Waals surface area (Å²) in [5.74, 6) is -0.881. The monoisotopic (exact) mass is 604 g/mol. The van der Waals surface area contributed by atoms with Gasteiger partial charge in [0.1, 0.15) is 53.4 Å². The molecule has 9 nitrogen and oxygen atoms in total. The zero-order chi connectivity index (χ0) is 29.7. The lowest BCUT2D eigenvalue weighted by Gasteiger charge is -2.40. The number of rotatable bonds is 4. The van der Waals surface area contributed by atoms with Crippen molar-refractivity contribution < 1.29 is 27.8 Å². The molecule has 2 aromatic heterocycles. The molecule has 2 bridgehead atoms. The van der Waals surface area contributed by atoms with Crippen LogP contribution in [0.4, 0.5) is 19.0 Å². The summed E-state index contributed by atoms with van der Waals surface area (Å²) < 4.78 is 59.1. The number of pyridine rings is 1. The topological polar surface area (TPSA) is 95.9 Å². The number of benzene rings is 2. The summed E-state index contributed by atoms with van der Waals surface area (Å²) in [6.07, 6.45) is 3.24. The molecule has 4 aromatic rings. The van der Waals surface area contributed by atoms with Crippen LogP contribution in [0, 0.1) is 11.6 Å². The molecule has 0 spiro atoms. The van der Waals surface area contributed by atoms with Crippen LogP contribution in [-0.2, 0) is 0 Å². The molecule has 4 fully saturated rings. The minimum Gasteiger partial charge on any atom is -0.508 e. The maximum Gasteiger partial charge on any atom is 0.319 e. The van der Waals surface area contributed by atoms with Gasteiger partial charge in [-0.1, -0.05) is 12.1 Å². The quantitative estimate of drug-likeness (QED) is 0.350. The van der Waals surface area contributed by atoms with E-state index in [2.05, 4.69) is 25.1 Å². The first-order valence-corrected chi connectivity index (χ1v) is 15.4. The zero-order valence-corrected chi connectivity index (χ0v) is 23.9. The number of halogens is 3. The van der Waals surface area contributed by atoms with Crippen LogP contribution in [0.5, 0.6) is 17.6 Å². The smallest absolute Gasteiger partial charge is 0.319 e. The first-order valence-electron chi connectivity index (χ1n) is 15.4. The molecular formula is C32H31F3N6O3. The largest absolute Gasteiger partial charge is 0.508 e. The van der Waals surface area contributed by atoms with E-state index in [0.29, 0.717) is 36.1 Å². The van der Waals surface area contributed by atoms with Crippen LogP contribution in [0.25, 0.3) is 32.9 Å². The van der Waals surface area contributed by atoms with Gasteiger partial charge in [0.2, 0.25) is 5.88 Å². The van der Waals surface area contributed by atoms with Gasteiger partial charge < -0.3 is 24.8 Å². The number of anilines is 1. The highest BCUT2D eigenvalue weighted by molar-refractivity contribution is 6.02. The van der Waals surface area contributed by atoms with E-state index < -0.39 is 23.3 Å². The lowest BCUT2D eigenvalue weighted by molar-refractivity contribution is 0.107. The van der Waals surface area contributed by atoms with E-state index >= 15 is 8.78 Å². The number of hydrogen-bond acceptors (Lipinski definition) is 9. The van der Waals surface area contributed by atoms with Crippen molar-refractivity contribution in [1.82, 2.24) is 25.2 Å². The number of piperazine rings is 1. The molecule has 0 saturated carbocycles. The number of nitrogens with zero attached hydrogens (tertiary/aromatic N) is 5. The van der Waals surface area contributed by atoms with Crippen LogP contribution in [-0.4, -0.2) is 87.6 Å². The van der Waals surface area contributed by atoms with Crippen LogP contribution in [0.3, 0.4) is 0 Å². The summed E-state index contributed by atoms with van der Waals surface area (Å²) >= 11 is 0. The second kappa shape index (κ2) is 9.55. The fraction of sp³-hybridized carbons (Fsp3) is 0.469. The molecule has 228 valence electrons. The molecule has 0 aliphatic carbocycles. The molecule has 44 heavy (non-hydrogen) atoms. The molecule has 5 aliphatic rings. The number of fused-ring (bicyclic) bond motifs is 7. The van der Waals surface area contributed by atoms with Gasteiger partial charge in [0.25, 0.3) is 0 Å². The second-order valence-electron chi connectivity index (χ2n) is 12.9. The lowest BCUT2D eigenvalue weighted by Crippen LogP contribution is -2.60. The van der Waals surface area contributed by atoms with E-state index in [1.54, 1.807) is 6.07 Å². The van der Waals surface area contributed by atoms with Gasteiger partial charge in [-0.05, 0) is 55.8 Å². The molecule has 2 aromatic carbocycles. The van der Waals surface area contributed by atoms with E-state index in [1.165, 1.54) is 24.3 Å². The van der Waals surface area contributed by atoms with E-state index in [-0.39, 0.29) is 71.1 Å². The van der Waals surface area contributed by atoms with Crippen molar-refractivity contribution in [3.8, 4) is 28.9 Å². The van der Waals surface area contributed by atoms with Crippen molar-refractivity contribution in [2.75, 3.05) is 37.7 Å². The Labute approximate surface area is 251 Å². The summed E-state index contributed by atoms with van der Waals surface area (Å²) in [6.45, 7) is 2.34. The van der Waals surface area contributed by atoms with E-state index in [0.717, 1.165) is 32.2 Å². The summed E-state index contributed by atoms with van der Waals surface area (Å²) in [5.41, 5.74) is -0.593. The highest BCUT2D eigenvalue weighted by atomic mass is 19.1. The Bertz CT molecular complexity index is 1840. The van der Waals surface area contributed by atoms with Gasteiger partial charge in [0, 0.05) is 42.5 Å². The van der Waals surface area contributed by atoms with Gasteiger partial charge in [-0.3, -0.25) is 4.90 Å². The van der Waals surface area contributed by atoms with Gasteiger partial charge >= 0.3 is 6.01 Å². The molecule has 0 radical (unpaired) electrons. The number of hydrogen-bond donors (Lipinski definition) is 2. The molecule has 5 atom stereocenters. The van der Waals surface area contributed by atoms with E-state index in [1.807, 2.05) is 0 Å². The predicted molar refractivity (Wildman–Crippen MR) is 157 cm³/mol. The Morgan fingerprint density at radius 3 is 2.93 bits per heavy atom. The molecule has 5 aliphatic heterocycles. The molecule has 2 N–H and O–H groups in total. The number of nitrogens with one attached hydrogen (secondary N) is 1. The molecular weight excluding hydrogens is 573 g/mol. The van der Waals surface area contributed by atoms with E-state index in [4.69, 9.17) is 14.5 Å². The minimum atomic E-state index is -0.915. The number of phenolic OH excluding ortho intramolecular Hbond substituents is 1. The minimum absolute atomic E-state index is 0.00323. The fourth-order valence-corrected chi connectivity index (χ4v) is 8.36. The van der Waals surface area contributed by atoms with Crippen molar-refractivity contribution in [2.24, 2.45) is 0 Å². The zero-order valence-electron chi connectivity index (χ0n) is 23.9.